The molecule has 0 aromatic rings. The highest BCUT2D eigenvalue weighted by atomic mass is 16.4. The van der Waals surface area contributed by atoms with Gasteiger partial charge in [-0.2, -0.15) is 0 Å². The van der Waals surface area contributed by atoms with Gasteiger partial charge in [0.25, 0.3) is 0 Å². The molecule has 0 spiro atoms. The van der Waals surface area contributed by atoms with Crippen molar-refractivity contribution < 1.29 is 19.5 Å². The van der Waals surface area contributed by atoms with E-state index in [0.29, 0.717) is 23.2 Å². The summed E-state index contributed by atoms with van der Waals surface area (Å²) in [5.74, 6) is -1.11. The number of aliphatic hydroxyl groups is 1. The molecule has 0 amide bonds. The number of carbonyl (C=O) groups is 1. The third-order valence-electron chi connectivity index (χ3n) is 4.09. The zero-order chi connectivity index (χ0) is 17.0. The van der Waals surface area contributed by atoms with Crippen LogP contribution in [0.15, 0.2) is 12.0 Å². The molecule has 0 saturated carbocycles. The number of nitrogens with zero attached hydrogens (tertiary/aromatic N) is 1. The predicted molar refractivity (Wildman–Crippen MR) is 89.1 cm³/mol. The maximum Gasteiger partial charge on any atom is 0.145 e. The number of unbranched alkanes of at least 4 members (excludes halogenated alkanes) is 3. The molecule has 0 aromatic heterocycles. The quantitative estimate of drug-likeness (QED) is 0.322. The van der Waals surface area contributed by atoms with Gasteiger partial charge in [0.15, 0.2) is 0 Å². The molecule has 22 heavy (non-hydrogen) atoms. The van der Waals surface area contributed by atoms with Crippen molar-refractivity contribution in [1.29, 1.82) is 0 Å². The number of carboxylic acid groups (broad SMARTS) is 1. The van der Waals surface area contributed by atoms with Gasteiger partial charge in [0, 0.05) is 18.3 Å². The average Bonchev–Trinajstić information content (AvgIpc) is 2.44. The third-order valence-corrected chi connectivity index (χ3v) is 4.09. The van der Waals surface area contributed by atoms with Crippen LogP contribution in [-0.2, 0) is 4.79 Å². The summed E-state index contributed by atoms with van der Waals surface area (Å²) in [4.78, 5) is 11.1. The Hall–Kier alpha value is -1.03. The van der Waals surface area contributed by atoms with Crippen LogP contribution < -0.4 is 5.11 Å². The van der Waals surface area contributed by atoms with E-state index in [1.807, 2.05) is 6.20 Å². The summed E-state index contributed by atoms with van der Waals surface area (Å²) in [5.41, 5.74) is 0. The summed E-state index contributed by atoms with van der Waals surface area (Å²) < 4.78 is 0.543. The van der Waals surface area contributed by atoms with E-state index >= 15 is 0 Å². The Bertz CT molecular complexity index is 333. The van der Waals surface area contributed by atoms with E-state index in [1.165, 1.54) is 12.8 Å². The van der Waals surface area contributed by atoms with Gasteiger partial charge < -0.3 is 15.0 Å². The summed E-state index contributed by atoms with van der Waals surface area (Å²) in [6.07, 6.45) is 9.00. The lowest BCUT2D eigenvalue weighted by Crippen LogP contribution is -2.50. The number of rotatable bonds is 13. The molecular formula is C18H35NO3. The van der Waals surface area contributed by atoms with Crippen LogP contribution in [0.3, 0.4) is 0 Å². The van der Waals surface area contributed by atoms with Crippen molar-refractivity contribution in [3.05, 3.63) is 12.0 Å². The Morgan fingerprint density at radius 1 is 1.09 bits per heavy atom. The Morgan fingerprint density at radius 2 is 1.68 bits per heavy atom. The molecule has 1 unspecified atom stereocenters. The van der Waals surface area contributed by atoms with Gasteiger partial charge in [-0.3, -0.25) is 4.48 Å². The second-order valence-corrected chi connectivity index (χ2v) is 6.50. The number of aliphatic hydroxyl groups excluding tert-OH is 1. The Labute approximate surface area is 136 Å². The lowest BCUT2D eigenvalue weighted by atomic mass is 10.1. The molecular weight excluding hydrogens is 278 g/mol. The van der Waals surface area contributed by atoms with Crippen LogP contribution in [0, 0.1) is 5.92 Å². The minimum Gasteiger partial charge on any atom is -0.550 e. The Kier molecular flexibility index (Phi) is 11.0. The predicted octanol–water partition coefficient (Wildman–Crippen LogP) is 3.38. The molecule has 130 valence electrons. The van der Waals surface area contributed by atoms with E-state index in [-0.39, 0.29) is 0 Å². The zero-order valence-electron chi connectivity index (χ0n) is 14.9. The molecule has 1 N–H and O–H groups in total. The van der Waals surface area contributed by atoms with Crippen LogP contribution in [0.2, 0.25) is 0 Å². The number of carbonyl (C=O) groups excluding carboxylic acids is 1. The van der Waals surface area contributed by atoms with E-state index in [9.17, 15) is 15.0 Å². The van der Waals surface area contributed by atoms with Gasteiger partial charge in [0.05, 0.1) is 19.6 Å². The number of aliphatic carboxylic acids is 1. The smallest absolute Gasteiger partial charge is 0.145 e. The van der Waals surface area contributed by atoms with Gasteiger partial charge in [-0.1, -0.05) is 47.0 Å². The summed E-state index contributed by atoms with van der Waals surface area (Å²) in [6.45, 7) is 10.2. The Balaban J connectivity index is 4.97. The lowest BCUT2D eigenvalue weighted by Gasteiger charge is -2.37. The second kappa shape index (κ2) is 11.5. The van der Waals surface area contributed by atoms with Crippen LogP contribution in [0.5, 0.6) is 0 Å². The summed E-state index contributed by atoms with van der Waals surface area (Å²) in [6, 6.07) is 0. The van der Waals surface area contributed by atoms with Crippen LogP contribution in [0.1, 0.15) is 72.6 Å². The molecule has 0 aromatic carbocycles. The van der Waals surface area contributed by atoms with Crippen LogP contribution >= 0.6 is 0 Å². The maximum atomic E-state index is 11.1. The monoisotopic (exact) mass is 313 g/mol. The van der Waals surface area contributed by atoms with Gasteiger partial charge in [-0.15, -0.1) is 0 Å². The molecule has 0 aliphatic heterocycles. The molecule has 0 bridgehead atoms. The second-order valence-electron chi connectivity index (χ2n) is 6.50. The van der Waals surface area contributed by atoms with Crippen molar-refractivity contribution in [3.8, 4) is 0 Å². The maximum absolute atomic E-state index is 11.1. The molecule has 0 heterocycles. The fourth-order valence-electron chi connectivity index (χ4n) is 3.10. The molecule has 4 heteroatoms. The van der Waals surface area contributed by atoms with Crippen molar-refractivity contribution >= 4 is 5.97 Å². The normalized spacial score (nSPS) is 14.1. The van der Waals surface area contributed by atoms with Gasteiger partial charge >= 0.3 is 0 Å². The molecule has 0 aliphatic carbocycles. The highest BCUT2D eigenvalue weighted by Crippen LogP contribution is 2.19. The van der Waals surface area contributed by atoms with Crippen LogP contribution in [0.4, 0.5) is 0 Å². The minimum atomic E-state index is -1.01. The van der Waals surface area contributed by atoms with E-state index in [2.05, 4.69) is 20.8 Å². The Morgan fingerprint density at radius 3 is 2.14 bits per heavy atom. The molecule has 0 rings (SSSR count). The van der Waals surface area contributed by atoms with E-state index < -0.39 is 11.9 Å². The molecule has 0 saturated heterocycles. The minimum absolute atomic E-state index is 0.406. The molecule has 0 radical (unpaired) electrons. The summed E-state index contributed by atoms with van der Waals surface area (Å²) in [5, 5.41) is 21.4. The van der Waals surface area contributed by atoms with E-state index in [1.54, 1.807) is 6.92 Å². The highest BCUT2D eigenvalue weighted by molar-refractivity contribution is 5.67. The third kappa shape index (κ3) is 8.42. The van der Waals surface area contributed by atoms with Crippen molar-refractivity contribution in [2.75, 3.05) is 19.6 Å². The van der Waals surface area contributed by atoms with Crippen molar-refractivity contribution in [3.63, 3.8) is 0 Å². The zero-order valence-corrected chi connectivity index (χ0v) is 14.9. The van der Waals surface area contributed by atoms with E-state index in [4.69, 9.17) is 0 Å². The first kappa shape index (κ1) is 21.0. The van der Waals surface area contributed by atoms with Crippen LogP contribution in [0.25, 0.3) is 0 Å². The van der Waals surface area contributed by atoms with Gasteiger partial charge in [0.1, 0.15) is 12.0 Å². The van der Waals surface area contributed by atoms with Gasteiger partial charge in [-0.05, 0) is 19.3 Å². The lowest BCUT2D eigenvalue weighted by molar-refractivity contribution is -0.883. The van der Waals surface area contributed by atoms with Gasteiger partial charge in [0.2, 0.25) is 0 Å². The fourth-order valence-corrected chi connectivity index (χ4v) is 3.10. The summed E-state index contributed by atoms with van der Waals surface area (Å²) in [7, 11) is 0. The van der Waals surface area contributed by atoms with Crippen molar-refractivity contribution in [2.45, 2.75) is 72.6 Å². The largest absolute Gasteiger partial charge is 0.550 e. The number of hydrogen-bond donors (Lipinski definition) is 1. The number of allylic oxidation sites excluding steroid dienone is 1. The first-order chi connectivity index (χ1) is 10.4. The molecule has 1 atom stereocenters. The number of carboxylic acids is 1. The molecule has 0 fully saturated rings. The SMILES string of the molecule is CCCCCC/C(O)=C/[N+](CCC)(CCC)CC(C)C(=O)[O-]. The molecule has 4 nitrogen and oxygen atoms in total. The summed E-state index contributed by atoms with van der Waals surface area (Å²) >= 11 is 0. The van der Waals surface area contributed by atoms with Crippen LogP contribution in [-0.4, -0.2) is 35.2 Å². The fraction of sp³-hybridized carbons (Fsp3) is 0.833. The first-order valence-electron chi connectivity index (χ1n) is 8.88. The standard InChI is InChI=1S/C18H35NO3/c1-5-8-9-10-11-17(20)15-19(12-6-2,13-7-3)14-16(4)18(21)22/h15-16H,5-14H2,1-4H3,(H-,20,21,22)/b17-15-. The first-order valence-corrected chi connectivity index (χ1v) is 8.88. The number of hydrogen-bond acceptors (Lipinski definition) is 3. The topological polar surface area (TPSA) is 60.4 Å². The van der Waals surface area contributed by atoms with Crippen molar-refractivity contribution in [2.24, 2.45) is 5.92 Å². The van der Waals surface area contributed by atoms with Gasteiger partial charge in [-0.25, -0.2) is 0 Å². The average molecular weight is 313 g/mol. The van der Waals surface area contributed by atoms with Crippen molar-refractivity contribution in [1.82, 2.24) is 0 Å². The number of quaternary nitrogens is 1. The molecule has 0 aliphatic rings. The van der Waals surface area contributed by atoms with E-state index in [0.717, 1.165) is 38.8 Å². The highest BCUT2D eigenvalue weighted by Gasteiger charge is 2.27.